The first-order valence-corrected chi connectivity index (χ1v) is 7.92. The SMILES string of the molecule is COCC(C)(NC(=O)c1csc(-c2ccc(OC)cc2)n1)C(=O)O. The Kier molecular flexibility index (Phi) is 5.53. The van der Waals surface area contributed by atoms with Gasteiger partial charge in [0.15, 0.2) is 5.54 Å². The average Bonchev–Trinajstić information content (AvgIpc) is 3.05. The van der Waals surface area contributed by atoms with E-state index < -0.39 is 17.4 Å². The molecule has 0 aliphatic heterocycles. The maximum Gasteiger partial charge on any atom is 0.331 e. The third kappa shape index (κ3) is 3.90. The van der Waals surface area contributed by atoms with E-state index in [1.165, 1.54) is 25.4 Å². The second-order valence-electron chi connectivity index (χ2n) is 5.29. The Morgan fingerprint density at radius 3 is 2.50 bits per heavy atom. The molecule has 1 amide bonds. The van der Waals surface area contributed by atoms with Crippen LogP contribution in [-0.2, 0) is 9.53 Å². The molecule has 0 saturated heterocycles. The van der Waals surface area contributed by atoms with Crippen LogP contribution in [0.4, 0.5) is 0 Å². The summed E-state index contributed by atoms with van der Waals surface area (Å²) < 4.78 is 9.98. The summed E-state index contributed by atoms with van der Waals surface area (Å²) in [6, 6.07) is 7.28. The normalized spacial score (nSPS) is 13.1. The van der Waals surface area contributed by atoms with Crippen molar-refractivity contribution < 1.29 is 24.2 Å². The molecule has 0 radical (unpaired) electrons. The van der Waals surface area contributed by atoms with E-state index in [4.69, 9.17) is 9.47 Å². The van der Waals surface area contributed by atoms with Crippen LogP contribution in [0.3, 0.4) is 0 Å². The van der Waals surface area contributed by atoms with Gasteiger partial charge in [0.2, 0.25) is 0 Å². The fraction of sp³-hybridized carbons (Fsp3) is 0.312. The first kappa shape index (κ1) is 17.9. The van der Waals surface area contributed by atoms with Crippen LogP contribution in [0, 0.1) is 0 Å². The minimum Gasteiger partial charge on any atom is -0.497 e. The van der Waals surface area contributed by atoms with E-state index in [0.29, 0.717) is 5.01 Å². The van der Waals surface area contributed by atoms with Gasteiger partial charge in [-0.15, -0.1) is 11.3 Å². The fourth-order valence-electron chi connectivity index (χ4n) is 2.00. The zero-order valence-corrected chi connectivity index (χ0v) is 14.3. The second kappa shape index (κ2) is 7.41. The van der Waals surface area contributed by atoms with Gasteiger partial charge in [0, 0.05) is 18.1 Å². The van der Waals surface area contributed by atoms with Crippen LogP contribution in [0.1, 0.15) is 17.4 Å². The number of hydrogen-bond donors (Lipinski definition) is 2. The number of thiazole rings is 1. The highest BCUT2D eigenvalue weighted by atomic mass is 32.1. The summed E-state index contributed by atoms with van der Waals surface area (Å²) in [5, 5.41) is 14.0. The zero-order valence-electron chi connectivity index (χ0n) is 13.5. The second-order valence-corrected chi connectivity index (χ2v) is 6.15. The van der Waals surface area contributed by atoms with E-state index in [0.717, 1.165) is 11.3 Å². The van der Waals surface area contributed by atoms with E-state index in [-0.39, 0.29) is 12.3 Å². The van der Waals surface area contributed by atoms with Crippen molar-refractivity contribution in [1.82, 2.24) is 10.3 Å². The molecular formula is C16H18N2O5S. The van der Waals surface area contributed by atoms with Crippen molar-refractivity contribution in [2.24, 2.45) is 0 Å². The Labute approximate surface area is 143 Å². The number of ether oxygens (including phenoxy) is 2. The van der Waals surface area contributed by atoms with Crippen molar-refractivity contribution in [1.29, 1.82) is 0 Å². The average molecular weight is 350 g/mol. The molecule has 24 heavy (non-hydrogen) atoms. The van der Waals surface area contributed by atoms with Gasteiger partial charge < -0.3 is 19.9 Å². The molecular weight excluding hydrogens is 332 g/mol. The number of carbonyl (C=O) groups is 2. The molecule has 0 bridgehead atoms. The molecule has 0 saturated carbocycles. The number of hydrogen-bond acceptors (Lipinski definition) is 6. The highest BCUT2D eigenvalue weighted by molar-refractivity contribution is 7.13. The molecule has 1 aromatic heterocycles. The Hall–Kier alpha value is -2.45. The number of benzene rings is 1. The first-order chi connectivity index (χ1) is 11.4. The Morgan fingerprint density at radius 1 is 1.29 bits per heavy atom. The molecule has 2 aromatic rings. The van der Waals surface area contributed by atoms with Gasteiger partial charge in [-0.05, 0) is 31.2 Å². The number of nitrogens with zero attached hydrogens (tertiary/aromatic N) is 1. The minimum absolute atomic E-state index is 0.149. The van der Waals surface area contributed by atoms with Crippen LogP contribution in [0.25, 0.3) is 10.6 Å². The third-order valence-electron chi connectivity index (χ3n) is 3.37. The van der Waals surface area contributed by atoms with E-state index in [1.54, 1.807) is 24.6 Å². The van der Waals surface area contributed by atoms with Crippen LogP contribution >= 0.6 is 11.3 Å². The lowest BCUT2D eigenvalue weighted by Gasteiger charge is -2.24. The molecule has 8 heteroatoms. The summed E-state index contributed by atoms with van der Waals surface area (Å²) in [6.45, 7) is 1.23. The Balaban J connectivity index is 2.17. The maximum absolute atomic E-state index is 12.3. The number of aliphatic carboxylic acids is 1. The summed E-state index contributed by atoms with van der Waals surface area (Å²) in [6.07, 6.45) is 0. The third-order valence-corrected chi connectivity index (χ3v) is 4.26. The van der Waals surface area contributed by atoms with E-state index >= 15 is 0 Å². The smallest absolute Gasteiger partial charge is 0.331 e. The maximum atomic E-state index is 12.3. The predicted octanol–water partition coefficient (Wildman–Crippen LogP) is 2.04. The summed E-state index contributed by atoms with van der Waals surface area (Å²) in [4.78, 5) is 27.9. The Morgan fingerprint density at radius 2 is 1.96 bits per heavy atom. The molecule has 0 fully saturated rings. The molecule has 0 spiro atoms. The highest BCUT2D eigenvalue weighted by Crippen LogP contribution is 2.25. The van der Waals surface area contributed by atoms with Gasteiger partial charge in [-0.3, -0.25) is 4.79 Å². The Bertz CT molecular complexity index is 728. The first-order valence-electron chi connectivity index (χ1n) is 7.04. The van der Waals surface area contributed by atoms with Crippen LogP contribution < -0.4 is 10.1 Å². The molecule has 1 unspecified atom stereocenters. The van der Waals surface area contributed by atoms with Crippen LogP contribution in [0.2, 0.25) is 0 Å². The number of carboxylic acids is 1. The molecule has 1 aromatic carbocycles. The number of rotatable bonds is 7. The van der Waals surface area contributed by atoms with E-state index in [9.17, 15) is 14.7 Å². The van der Waals surface area contributed by atoms with Crippen molar-refractivity contribution in [3.8, 4) is 16.3 Å². The molecule has 2 rings (SSSR count). The van der Waals surface area contributed by atoms with Gasteiger partial charge in [0.25, 0.3) is 5.91 Å². The number of methoxy groups -OCH3 is 2. The number of nitrogens with one attached hydrogen (secondary N) is 1. The summed E-state index contributed by atoms with van der Waals surface area (Å²) in [5.41, 5.74) is -0.512. The molecule has 1 atom stereocenters. The lowest BCUT2D eigenvalue weighted by molar-refractivity contribution is -0.145. The van der Waals surface area contributed by atoms with Gasteiger partial charge >= 0.3 is 5.97 Å². The number of carboxylic acid groups (broad SMARTS) is 1. The molecule has 128 valence electrons. The van der Waals surface area contributed by atoms with Crippen LogP contribution in [-0.4, -0.2) is 48.3 Å². The van der Waals surface area contributed by atoms with Crippen LogP contribution in [0.15, 0.2) is 29.6 Å². The van der Waals surface area contributed by atoms with Gasteiger partial charge in [-0.25, -0.2) is 9.78 Å². The minimum atomic E-state index is -1.52. The summed E-state index contributed by atoms with van der Waals surface area (Å²) in [7, 11) is 2.96. The number of amides is 1. The molecule has 7 nitrogen and oxygen atoms in total. The lowest BCUT2D eigenvalue weighted by atomic mass is 10.0. The van der Waals surface area contributed by atoms with Crippen molar-refractivity contribution >= 4 is 23.2 Å². The van der Waals surface area contributed by atoms with Gasteiger partial charge in [-0.2, -0.15) is 0 Å². The number of aromatic nitrogens is 1. The van der Waals surface area contributed by atoms with Crippen LogP contribution in [0.5, 0.6) is 5.75 Å². The topological polar surface area (TPSA) is 97.8 Å². The summed E-state index contributed by atoms with van der Waals surface area (Å²) >= 11 is 1.30. The molecule has 0 aliphatic carbocycles. The fourth-order valence-corrected chi connectivity index (χ4v) is 2.81. The van der Waals surface area contributed by atoms with Gasteiger partial charge in [0.05, 0.1) is 13.7 Å². The largest absolute Gasteiger partial charge is 0.497 e. The molecule has 0 aliphatic rings. The standard InChI is InChI=1S/C16H18N2O5S/c1-16(9-22-2,15(20)21)18-13(19)12-8-24-14(17-12)10-4-6-11(23-3)7-5-10/h4-8H,9H2,1-3H3,(H,18,19)(H,20,21). The van der Waals surface area contributed by atoms with E-state index in [2.05, 4.69) is 10.3 Å². The monoisotopic (exact) mass is 350 g/mol. The number of carbonyl (C=O) groups excluding carboxylic acids is 1. The van der Waals surface area contributed by atoms with Crippen molar-refractivity contribution in [3.05, 3.63) is 35.3 Å². The summed E-state index contributed by atoms with van der Waals surface area (Å²) in [5.74, 6) is -1.01. The predicted molar refractivity (Wildman–Crippen MR) is 89.5 cm³/mol. The van der Waals surface area contributed by atoms with Gasteiger partial charge in [0.1, 0.15) is 16.5 Å². The van der Waals surface area contributed by atoms with Crippen molar-refractivity contribution in [2.75, 3.05) is 20.8 Å². The van der Waals surface area contributed by atoms with E-state index in [1.807, 2.05) is 12.1 Å². The van der Waals surface area contributed by atoms with Gasteiger partial charge in [-0.1, -0.05) is 0 Å². The zero-order chi connectivity index (χ0) is 17.7. The molecule has 2 N–H and O–H groups in total. The quantitative estimate of drug-likeness (QED) is 0.793. The highest BCUT2D eigenvalue weighted by Gasteiger charge is 2.35. The van der Waals surface area contributed by atoms with Crippen molar-refractivity contribution in [3.63, 3.8) is 0 Å². The van der Waals surface area contributed by atoms with Crippen molar-refractivity contribution in [2.45, 2.75) is 12.5 Å². The lowest BCUT2D eigenvalue weighted by Crippen LogP contribution is -2.55. The molecule has 1 heterocycles.